The number of nitrogens with zero attached hydrogens (tertiary/aromatic N) is 3. The Labute approximate surface area is 180 Å². The average molecular weight is 426 g/mol. The molecular weight excluding hydrogens is 402 g/mol. The van der Waals surface area contributed by atoms with Gasteiger partial charge in [-0.1, -0.05) is 17.7 Å². The molecule has 2 N–H and O–H groups in total. The smallest absolute Gasteiger partial charge is 0.271 e. The van der Waals surface area contributed by atoms with Crippen LogP contribution in [0.25, 0.3) is 0 Å². The Kier molecular flexibility index (Phi) is 6.41. The summed E-state index contributed by atoms with van der Waals surface area (Å²) in [6.07, 6.45) is 2.81. The summed E-state index contributed by atoms with van der Waals surface area (Å²) in [6, 6.07) is 7.99. The van der Waals surface area contributed by atoms with Crippen molar-refractivity contribution in [2.24, 2.45) is 0 Å². The van der Waals surface area contributed by atoms with Crippen LogP contribution in [0.4, 0.5) is 5.69 Å². The van der Waals surface area contributed by atoms with Crippen LogP contribution in [0.5, 0.6) is 0 Å². The monoisotopic (exact) mass is 425 g/mol. The highest BCUT2D eigenvalue weighted by Crippen LogP contribution is 2.21. The van der Waals surface area contributed by atoms with Crippen LogP contribution in [0, 0.1) is 13.8 Å². The lowest BCUT2D eigenvalue weighted by atomic mass is 10.1. The summed E-state index contributed by atoms with van der Waals surface area (Å²) >= 11 is 5.37. The second kappa shape index (κ2) is 9.00. The number of nitrogens with one attached hydrogen (secondary N) is 2. The van der Waals surface area contributed by atoms with Crippen LogP contribution in [0.2, 0.25) is 0 Å². The molecule has 156 valence electrons. The molecule has 1 unspecified atom stereocenters. The molecule has 2 heterocycles. The molecule has 30 heavy (non-hydrogen) atoms. The van der Waals surface area contributed by atoms with E-state index in [9.17, 15) is 14.4 Å². The summed E-state index contributed by atoms with van der Waals surface area (Å²) in [5, 5.41) is 4.28. The first-order valence-electron chi connectivity index (χ1n) is 9.54. The lowest BCUT2D eigenvalue weighted by Gasteiger charge is -2.24. The fourth-order valence-corrected chi connectivity index (χ4v) is 3.64. The molecule has 0 spiro atoms. The van der Waals surface area contributed by atoms with E-state index < -0.39 is 11.9 Å². The van der Waals surface area contributed by atoms with E-state index in [0.29, 0.717) is 17.8 Å². The van der Waals surface area contributed by atoms with E-state index in [2.05, 4.69) is 15.7 Å². The lowest BCUT2D eigenvalue weighted by Crippen LogP contribution is -2.49. The second-order valence-corrected chi connectivity index (χ2v) is 7.37. The lowest BCUT2D eigenvalue weighted by molar-refractivity contribution is -0.130. The first-order chi connectivity index (χ1) is 14.3. The molecule has 3 amide bonds. The zero-order valence-corrected chi connectivity index (χ0v) is 17.8. The fraction of sp³-hybridized carbons (Fsp3) is 0.286. The predicted molar refractivity (Wildman–Crippen MR) is 116 cm³/mol. The largest absolute Gasteiger partial charge is 0.326 e. The SMILES string of the molecule is CCN1C(=O)C(CC(=O)Nc2ccc(C)cc2C)N(NC(=O)c2cccnc2)C1=S. The van der Waals surface area contributed by atoms with Gasteiger partial charge in [0, 0.05) is 24.6 Å². The van der Waals surface area contributed by atoms with E-state index in [1.54, 1.807) is 25.3 Å². The maximum atomic E-state index is 12.8. The molecule has 0 radical (unpaired) electrons. The van der Waals surface area contributed by atoms with Crippen LogP contribution >= 0.6 is 12.2 Å². The van der Waals surface area contributed by atoms with Crippen LogP contribution in [-0.2, 0) is 9.59 Å². The van der Waals surface area contributed by atoms with Crippen molar-refractivity contribution in [3.8, 4) is 0 Å². The molecular formula is C21H23N5O3S. The minimum Gasteiger partial charge on any atom is -0.326 e. The average Bonchev–Trinajstić information content (AvgIpc) is 2.94. The van der Waals surface area contributed by atoms with Crippen LogP contribution in [-0.4, -0.2) is 50.3 Å². The van der Waals surface area contributed by atoms with E-state index >= 15 is 0 Å². The van der Waals surface area contributed by atoms with E-state index in [1.807, 2.05) is 32.0 Å². The van der Waals surface area contributed by atoms with E-state index in [1.165, 1.54) is 16.1 Å². The number of aromatic nitrogens is 1. The summed E-state index contributed by atoms with van der Waals surface area (Å²) < 4.78 is 0. The Morgan fingerprint density at radius 3 is 2.63 bits per heavy atom. The molecule has 1 saturated heterocycles. The van der Waals surface area contributed by atoms with Gasteiger partial charge in [-0.3, -0.25) is 29.7 Å². The van der Waals surface area contributed by atoms with E-state index in [4.69, 9.17) is 12.2 Å². The van der Waals surface area contributed by atoms with Crippen LogP contribution in [0.3, 0.4) is 0 Å². The van der Waals surface area contributed by atoms with Gasteiger partial charge in [-0.05, 0) is 56.8 Å². The van der Waals surface area contributed by atoms with Crippen molar-refractivity contribution in [1.29, 1.82) is 0 Å². The van der Waals surface area contributed by atoms with Crippen molar-refractivity contribution in [3.05, 3.63) is 59.4 Å². The minimum atomic E-state index is -0.927. The summed E-state index contributed by atoms with van der Waals surface area (Å²) in [6.45, 7) is 5.99. The molecule has 1 aromatic heterocycles. The van der Waals surface area contributed by atoms with Crippen molar-refractivity contribution >= 4 is 40.7 Å². The summed E-state index contributed by atoms with van der Waals surface area (Å²) in [4.78, 5) is 43.4. The molecule has 0 saturated carbocycles. The van der Waals surface area contributed by atoms with Crippen molar-refractivity contribution in [3.63, 3.8) is 0 Å². The van der Waals surface area contributed by atoms with Crippen molar-refractivity contribution in [1.82, 2.24) is 20.3 Å². The second-order valence-electron chi connectivity index (χ2n) is 7.00. The third-order valence-corrected chi connectivity index (χ3v) is 5.21. The number of aryl methyl sites for hydroxylation is 2. The van der Waals surface area contributed by atoms with Crippen LogP contribution in [0.1, 0.15) is 34.8 Å². The van der Waals surface area contributed by atoms with Gasteiger partial charge in [0.2, 0.25) is 5.91 Å². The molecule has 2 aromatic rings. The molecule has 8 nitrogen and oxygen atoms in total. The number of pyridine rings is 1. The molecule has 1 atom stereocenters. The molecule has 1 aliphatic heterocycles. The molecule has 1 aliphatic rings. The number of rotatable bonds is 6. The van der Waals surface area contributed by atoms with E-state index in [0.717, 1.165) is 11.1 Å². The molecule has 0 aliphatic carbocycles. The van der Waals surface area contributed by atoms with Gasteiger partial charge >= 0.3 is 0 Å². The van der Waals surface area contributed by atoms with Crippen LogP contribution in [0.15, 0.2) is 42.7 Å². The highest BCUT2D eigenvalue weighted by atomic mass is 32.1. The van der Waals surface area contributed by atoms with Crippen molar-refractivity contribution in [2.45, 2.75) is 33.2 Å². The number of benzene rings is 1. The maximum Gasteiger partial charge on any atom is 0.271 e. The molecule has 1 fully saturated rings. The number of hydrazine groups is 1. The summed E-state index contributed by atoms with van der Waals surface area (Å²) in [5.41, 5.74) is 5.66. The zero-order chi connectivity index (χ0) is 21.8. The van der Waals surface area contributed by atoms with Gasteiger partial charge < -0.3 is 5.32 Å². The Hall–Kier alpha value is -3.33. The van der Waals surface area contributed by atoms with Crippen molar-refractivity contribution < 1.29 is 14.4 Å². The molecule has 0 bridgehead atoms. The third kappa shape index (κ3) is 4.46. The standard InChI is InChI=1S/C21H23N5O3S/c1-4-25-20(29)17(11-18(27)23-16-8-7-13(2)10-14(16)3)26(21(25)30)24-19(28)15-6-5-9-22-12-15/h5-10,12,17H,4,11H2,1-3H3,(H,23,27)(H,24,28). The van der Waals surface area contributed by atoms with Gasteiger partial charge in [-0.25, -0.2) is 5.01 Å². The third-order valence-electron chi connectivity index (χ3n) is 4.80. The van der Waals surface area contributed by atoms with Gasteiger partial charge in [0.1, 0.15) is 6.04 Å². The topological polar surface area (TPSA) is 94.6 Å². The Morgan fingerprint density at radius 1 is 1.23 bits per heavy atom. The van der Waals surface area contributed by atoms with Gasteiger partial charge in [0.25, 0.3) is 11.8 Å². The van der Waals surface area contributed by atoms with Gasteiger partial charge in [0.15, 0.2) is 5.11 Å². The van der Waals surface area contributed by atoms with Gasteiger partial charge in [0.05, 0.1) is 12.0 Å². The van der Waals surface area contributed by atoms with Crippen LogP contribution < -0.4 is 10.7 Å². The quantitative estimate of drug-likeness (QED) is 0.689. The number of hydrogen-bond acceptors (Lipinski definition) is 5. The Balaban J connectivity index is 1.77. The predicted octanol–water partition coefficient (Wildman–Crippen LogP) is 2.19. The highest BCUT2D eigenvalue weighted by molar-refractivity contribution is 7.80. The molecule has 3 rings (SSSR count). The summed E-state index contributed by atoms with van der Waals surface area (Å²) in [5.74, 6) is -1.14. The number of likely N-dealkylation sites (N-methyl/N-ethyl adjacent to an activating group) is 1. The fourth-order valence-electron chi connectivity index (χ4n) is 3.25. The number of amides is 3. The zero-order valence-electron chi connectivity index (χ0n) is 17.0. The Bertz CT molecular complexity index is 995. The normalized spacial score (nSPS) is 16.0. The highest BCUT2D eigenvalue weighted by Gasteiger charge is 2.43. The van der Waals surface area contributed by atoms with Gasteiger partial charge in [-0.15, -0.1) is 0 Å². The number of anilines is 1. The first-order valence-corrected chi connectivity index (χ1v) is 9.95. The van der Waals surface area contributed by atoms with Gasteiger partial charge in [-0.2, -0.15) is 0 Å². The summed E-state index contributed by atoms with van der Waals surface area (Å²) in [7, 11) is 0. The molecule has 1 aromatic carbocycles. The Morgan fingerprint density at radius 2 is 2.00 bits per heavy atom. The number of carbonyl (C=O) groups is 3. The molecule has 9 heteroatoms. The maximum absolute atomic E-state index is 12.8. The number of hydrogen-bond donors (Lipinski definition) is 2. The van der Waals surface area contributed by atoms with E-state index in [-0.39, 0.29) is 23.3 Å². The first kappa shape index (κ1) is 21.4. The minimum absolute atomic E-state index is 0.157. The number of carbonyl (C=O) groups excluding carboxylic acids is 3. The number of thiocarbonyl (C=S) groups is 1. The van der Waals surface area contributed by atoms with Crippen molar-refractivity contribution in [2.75, 3.05) is 11.9 Å².